The quantitative estimate of drug-likeness (QED) is 0.281. The van der Waals surface area contributed by atoms with Crippen molar-refractivity contribution in [3.05, 3.63) is 69.6 Å². The number of hydrogen-bond donors (Lipinski definition) is 1. The van der Waals surface area contributed by atoms with E-state index >= 15 is 0 Å². The van der Waals surface area contributed by atoms with Crippen molar-refractivity contribution in [3.63, 3.8) is 0 Å². The molecule has 0 fully saturated rings. The number of nitrogens with two attached hydrogens (primary N) is 1. The van der Waals surface area contributed by atoms with Crippen LogP contribution in [0.3, 0.4) is 0 Å². The van der Waals surface area contributed by atoms with Crippen molar-refractivity contribution in [3.8, 4) is 0 Å². The normalized spacial score (nSPS) is 13.1. The summed E-state index contributed by atoms with van der Waals surface area (Å²) < 4.78 is 24.1. The Morgan fingerprint density at radius 1 is 0.976 bits per heavy atom. The largest absolute Gasteiger partial charge is 0.443 e. The Hall–Kier alpha value is -2.72. The number of benzene rings is 2. The van der Waals surface area contributed by atoms with Gasteiger partial charge in [-0.3, -0.25) is 5.14 Å². The number of hydrogen-bond acceptors (Lipinski definition) is 6. The topological polar surface area (TPSA) is 98.9 Å². The molecule has 10 heteroatoms. The molecule has 0 saturated heterocycles. The van der Waals surface area contributed by atoms with Crippen molar-refractivity contribution in [2.75, 3.05) is 4.90 Å². The third-order valence-corrected chi connectivity index (χ3v) is 9.07. The highest BCUT2D eigenvalue weighted by molar-refractivity contribution is 7.84. The number of imide groups is 1. The van der Waals surface area contributed by atoms with Gasteiger partial charge in [0.15, 0.2) is 0 Å². The summed E-state index contributed by atoms with van der Waals surface area (Å²) >= 11 is 8.48. The van der Waals surface area contributed by atoms with Gasteiger partial charge in [0.25, 0.3) is 0 Å². The van der Waals surface area contributed by atoms with Gasteiger partial charge in [-0.05, 0) is 115 Å². The minimum atomic E-state index is -1.73. The molecule has 3 aromatic rings. The van der Waals surface area contributed by atoms with Crippen LogP contribution >= 0.6 is 22.9 Å². The summed E-state index contributed by atoms with van der Waals surface area (Å²) in [6.07, 6.45) is -1.23. The summed E-state index contributed by atoms with van der Waals surface area (Å²) in [6, 6.07) is 11.4. The van der Waals surface area contributed by atoms with Crippen LogP contribution in [0.4, 0.5) is 15.3 Å². The maximum absolute atomic E-state index is 13.6. The molecule has 0 aliphatic heterocycles. The summed E-state index contributed by atoms with van der Waals surface area (Å²) in [5, 5.41) is 7.43. The van der Waals surface area contributed by atoms with Gasteiger partial charge in [-0.25, -0.2) is 13.8 Å². The van der Waals surface area contributed by atoms with Crippen LogP contribution < -0.4 is 10.0 Å². The Labute approximate surface area is 260 Å². The minimum Gasteiger partial charge on any atom is -0.443 e. The highest BCUT2D eigenvalue weighted by Crippen LogP contribution is 2.39. The smallest absolute Gasteiger partial charge is 0.424 e. The number of thiophene rings is 1. The molecule has 3 rings (SSSR count). The van der Waals surface area contributed by atoms with Crippen LogP contribution in [0.15, 0.2) is 43.0 Å². The molecule has 0 aliphatic carbocycles. The Bertz CT molecular complexity index is 1520. The van der Waals surface area contributed by atoms with E-state index in [2.05, 4.69) is 12.6 Å². The van der Waals surface area contributed by atoms with Crippen LogP contribution in [0.25, 0.3) is 15.7 Å². The number of rotatable bonds is 7. The first-order valence-electron chi connectivity index (χ1n) is 13.6. The van der Waals surface area contributed by atoms with Gasteiger partial charge < -0.3 is 9.47 Å². The molecule has 2 N–H and O–H groups in total. The minimum absolute atomic E-state index is 0.158. The molecule has 1 atom stereocenters. The lowest BCUT2D eigenvalue weighted by Crippen LogP contribution is -2.45. The Kier molecular flexibility index (Phi) is 10.0. The maximum Gasteiger partial charge on any atom is 0.424 e. The average molecular weight is 633 g/mol. The van der Waals surface area contributed by atoms with Crippen molar-refractivity contribution in [2.45, 2.75) is 91.1 Å². The van der Waals surface area contributed by atoms with Crippen molar-refractivity contribution in [2.24, 2.45) is 5.14 Å². The number of halogens is 1. The fourth-order valence-corrected chi connectivity index (χ4v) is 6.14. The van der Waals surface area contributed by atoms with Gasteiger partial charge in [0, 0.05) is 21.0 Å². The first-order valence-corrected chi connectivity index (χ1v) is 16.0. The monoisotopic (exact) mass is 632 g/mol. The van der Waals surface area contributed by atoms with Crippen molar-refractivity contribution in [1.29, 1.82) is 0 Å². The van der Waals surface area contributed by atoms with E-state index in [1.807, 2.05) is 25.1 Å². The lowest BCUT2D eigenvalue weighted by atomic mass is 9.93. The first kappa shape index (κ1) is 33.8. The molecular weight excluding hydrogens is 592 g/mol. The van der Waals surface area contributed by atoms with Crippen LogP contribution in [0.1, 0.15) is 83.9 Å². The zero-order valence-electron chi connectivity index (χ0n) is 25.8. The van der Waals surface area contributed by atoms with Crippen LogP contribution in [0.2, 0.25) is 5.02 Å². The highest BCUT2D eigenvalue weighted by Gasteiger charge is 2.37. The SMILES string of the molecule is C=C(C)c1cccc2cc(Cc3c(Cl)ccc(N(C(=O)OC(C)(C)C)C(=O)OC(C)(C)C)c3CC(C)(C)S(N)=O)sc12. The van der Waals surface area contributed by atoms with Crippen LogP contribution in [-0.4, -0.2) is 32.3 Å². The number of amides is 2. The van der Waals surface area contributed by atoms with Gasteiger partial charge in [-0.15, -0.1) is 11.3 Å². The van der Waals surface area contributed by atoms with Crippen molar-refractivity contribution in [1.82, 2.24) is 0 Å². The predicted molar refractivity (Wildman–Crippen MR) is 176 cm³/mol. The van der Waals surface area contributed by atoms with Gasteiger partial charge in [0.1, 0.15) is 11.2 Å². The van der Waals surface area contributed by atoms with Gasteiger partial charge >= 0.3 is 12.2 Å². The van der Waals surface area contributed by atoms with E-state index in [9.17, 15) is 13.8 Å². The Morgan fingerprint density at radius 3 is 2.05 bits per heavy atom. The highest BCUT2D eigenvalue weighted by atomic mass is 35.5. The molecule has 0 aliphatic rings. The van der Waals surface area contributed by atoms with Gasteiger partial charge in [-0.1, -0.05) is 36.4 Å². The molecule has 0 radical (unpaired) electrons. The lowest BCUT2D eigenvalue weighted by molar-refractivity contribution is 0.0430. The maximum atomic E-state index is 13.6. The zero-order valence-corrected chi connectivity index (χ0v) is 28.2. The number of ether oxygens (including phenoxy) is 2. The van der Waals surface area contributed by atoms with Crippen LogP contribution in [0, 0.1) is 0 Å². The van der Waals surface area contributed by atoms with Crippen molar-refractivity contribution < 1.29 is 23.3 Å². The standard InChI is InChI=1S/C32H41ClN2O5S2/c1-19(2)22-13-11-12-20-16-21(41-27(20)22)17-23-24(18-32(9,10)42(34)38)26(15-14-25(23)33)35(28(36)39-30(3,4)5)29(37)40-31(6,7)8/h11-16H,1,17-18,34H2,2-10H3. The molecule has 0 bridgehead atoms. The number of carbonyl (C=O) groups excluding carboxylic acids is 2. The fraction of sp³-hybridized carbons (Fsp3) is 0.438. The van der Waals surface area contributed by atoms with E-state index in [4.69, 9.17) is 26.2 Å². The second-order valence-corrected chi connectivity index (χ2v) is 16.2. The molecule has 0 saturated carbocycles. The molecule has 2 aromatic carbocycles. The molecule has 42 heavy (non-hydrogen) atoms. The van der Waals surface area contributed by atoms with Gasteiger partial charge in [0.2, 0.25) is 0 Å². The summed E-state index contributed by atoms with van der Waals surface area (Å²) in [5.74, 6) is 0. The molecule has 2 amide bonds. The van der Waals surface area contributed by atoms with Crippen LogP contribution in [0.5, 0.6) is 0 Å². The number of carbonyl (C=O) groups is 2. The summed E-state index contributed by atoms with van der Waals surface area (Å²) in [4.78, 5) is 29.1. The van der Waals surface area contributed by atoms with E-state index in [0.29, 0.717) is 22.6 Å². The second kappa shape index (κ2) is 12.5. The number of nitrogens with zero attached hydrogens (tertiary/aromatic N) is 1. The number of allylic oxidation sites excluding steroid dienone is 1. The molecule has 1 aromatic heterocycles. The number of fused-ring (bicyclic) bond motifs is 1. The molecule has 1 heterocycles. The molecule has 1 unspecified atom stereocenters. The third kappa shape index (κ3) is 8.22. The first-order chi connectivity index (χ1) is 19.2. The molecular formula is C32H41ClN2O5S2. The zero-order chi connectivity index (χ0) is 31.8. The summed E-state index contributed by atoms with van der Waals surface area (Å²) in [5.41, 5.74) is 1.75. The fourth-order valence-electron chi connectivity index (χ4n) is 4.35. The van der Waals surface area contributed by atoms with Crippen LogP contribution in [-0.2, 0) is 33.3 Å². The van der Waals surface area contributed by atoms with Gasteiger partial charge in [0.05, 0.1) is 21.4 Å². The van der Waals surface area contributed by atoms with E-state index in [-0.39, 0.29) is 12.1 Å². The average Bonchev–Trinajstić information content (AvgIpc) is 3.23. The Balaban J connectivity index is 2.28. The van der Waals surface area contributed by atoms with E-state index in [1.165, 1.54) is 0 Å². The van der Waals surface area contributed by atoms with E-state index in [0.717, 1.165) is 31.0 Å². The molecule has 0 spiro atoms. The van der Waals surface area contributed by atoms with E-state index in [1.54, 1.807) is 78.9 Å². The van der Waals surface area contributed by atoms with Crippen molar-refractivity contribution >= 4 is 67.5 Å². The lowest BCUT2D eigenvalue weighted by Gasteiger charge is -2.32. The Morgan fingerprint density at radius 2 is 1.55 bits per heavy atom. The predicted octanol–water partition coefficient (Wildman–Crippen LogP) is 8.80. The summed E-state index contributed by atoms with van der Waals surface area (Å²) in [6.45, 7) is 19.9. The summed E-state index contributed by atoms with van der Waals surface area (Å²) in [7, 11) is -1.73. The van der Waals surface area contributed by atoms with Gasteiger partial charge in [-0.2, -0.15) is 4.90 Å². The number of anilines is 1. The van der Waals surface area contributed by atoms with E-state index < -0.39 is 39.1 Å². The second-order valence-electron chi connectivity index (χ2n) is 12.9. The third-order valence-electron chi connectivity index (χ3n) is 6.30. The molecule has 7 nitrogen and oxygen atoms in total. The molecule has 228 valence electrons.